The first kappa shape index (κ1) is 12.7. The van der Waals surface area contributed by atoms with Gasteiger partial charge in [0.15, 0.2) is 0 Å². The molecule has 89 valence electrons. The Balaban J connectivity index is 2.62. The molecule has 0 heterocycles. The lowest BCUT2D eigenvalue weighted by Gasteiger charge is -2.32. The summed E-state index contributed by atoms with van der Waals surface area (Å²) in [6.45, 7) is 2.60. The summed E-state index contributed by atoms with van der Waals surface area (Å²) in [4.78, 5) is 32.3. The van der Waals surface area contributed by atoms with E-state index in [1.165, 1.54) is 13.8 Å². The van der Waals surface area contributed by atoms with Crippen LogP contribution < -0.4 is 0 Å². The zero-order valence-corrected chi connectivity index (χ0v) is 9.39. The van der Waals surface area contributed by atoms with Crippen LogP contribution in [0.15, 0.2) is 0 Å². The van der Waals surface area contributed by atoms with Crippen molar-refractivity contribution < 1.29 is 23.9 Å². The maximum absolute atomic E-state index is 10.9. The number of carbonyl (C=O) groups excluding carboxylic acids is 3. The van der Waals surface area contributed by atoms with Gasteiger partial charge in [-0.3, -0.25) is 14.4 Å². The Morgan fingerprint density at radius 3 is 2.12 bits per heavy atom. The molecule has 0 aromatic rings. The van der Waals surface area contributed by atoms with Crippen molar-refractivity contribution in [1.82, 2.24) is 0 Å². The number of esters is 2. The topological polar surface area (TPSA) is 69.7 Å². The Kier molecular flexibility index (Phi) is 4.46. The van der Waals surface area contributed by atoms with E-state index in [4.69, 9.17) is 9.47 Å². The van der Waals surface area contributed by atoms with Crippen molar-refractivity contribution in [3.05, 3.63) is 0 Å². The van der Waals surface area contributed by atoms with Gasteiger partial charge in [-0.2, -0.15) is 0 Å². The second-order valence-corrected chi connectivity index (χ2v) is 3.92. The average molecular weight is 227 g/mol. The minimum atomic E-state index is -0.526. The largest absolute Gasteiger partial charge is 0.459 e. The highest BCUT2D eigenvalue weighted by Crippen LogP contribution is 2.27. The van der Waals surface area contributed by atoms with E-state index in [0.29, 0.717) is 19.3 Å². The second-order valence-electron chi connectivity index (χ2n) is 3.92. The number of rotatable bonds is 3. The Bertz CT molecular complexity index is 286. The summed E-state index contributed by atoms with van der Waals surface area (Å²) in [7, 11) is 0. The molecule has 1 radical (unpaired) electrons. The fourth-order valence-electron chi connectivity index (χ4n) is 1.89. The maximum Gasteiger partial charge on any atom is 0.303 e. The average Bonchev–Trinajstić information content (AvgIpc) is 2.19. The van der Waals surface area contributed by atoms with Gasteiger partial charge in [0.25, 0.3) is 0 Å². The molecule has 1 fully saturated rings. The lowest BCUT2D eigenvalue weighted by atomic mass is 9.86. The van der Waals surface area contributed by atoms with E-state index >= 15 is 0 Å². The van der Waals surface area contributed by atoms with Crippen LogP contribution in [0.5, 0.6) is 0 Å². The minimum Gasteiger partial charge on any atom is -0.459 e. The molecule has 16 heavy (non-hydrogen) atoms. The van der Waals surface area contributed by atoms with E-state index in [1.807, 2.05) is 6.29 Å². The van der Waals surface area contributed by atoms with Gasteiger partial charge >= 0.3 is 11.9 Å². The fraction of sp³-hybridized carbons (Fsp3) is 0.727. The molecular weight excluding hydrogens is 212 g/mol. The van der Waals surface area contributed by atoms with Crippen LogP contribution in [0.25, 0.3) is 0 Å². The first-order valence-corrected chi connectivity index (χ1v) is 5.25. The highest BCUT2D eigenvalue weighted by molar-refractivity contribution is 5.67. The number of hydrogen-bond donors (Lipinski definition) is 0. The molecular formula is C11H15O5. The molecule has 3 unspecified atom stereocenters. The standard InChI is InChI=1S/C11H15O5/c1-7(13)15-10-4-3-9(6-12)5-11(10)16-8(2)14/h9-11H,3-5H2,1-2H3. The van der Waals surface area contributed by atoms with E-state index < -0.39 is 24.1 Å². The van der Waals surface area contributed by atoms with Crippen LogP contribution in [0.4, 0.5) is 0 Å². The molecule has 0 saturated heterocycles. The van der Waals surface area contributed by atoms with E-state index in [2.05, 4.69) is 0 Å². The van der Waals surface area contributed by atoms with Crippen LogP contribution in [-0.2, 0) is 23.9 Å². The smallest absolute Gasteiger partial charge is 0.303 e. The third-order valence-corrected chi connectivity index (χ3v) is 2.53. The summed E-state index contributed by atoms with van der Waals surface area (Å²) in [5.74, 6) is -1.08. The maximum atomic E-state index is 10.9. The van der Waals surface area contributed by atoms with Crippen LogP contribution in [-0.4, -0.2) is 30.4 Å². The van der Waals surface area contributed by atoms with Gasteiger partial charge in [0.05, 0.1) is 0 Å². The summed E-state index contributed by atoms with van der Waals surface area (Å²) >= 11 is 0. The Labute approximate surface area is 94.1 Å². The zero-order valence-electron chi connectivity index (χ0n) is 9.39. The minimum absolute atomic E-state index is 0.240. The van der Waals surface area contributed by atoms with Gasteiger partial charge < -0.3 is 9.47 Å². The van der Waals surface area contributed by atoms with Gasteiger partial charge in [0.1, 0.15) is 12.2 Å². The van der Waals surface area contributed by atoms with Crippen molar-refractivity contribution in [3.63, 3.8) is 0 Å². The molecule has 1 saturated carbocycles. The lowest BCUT2D eigenvalue weighted by Crippen LogP contribution is -2.40. The molecule has 1 aliphatic carbocycles. The Morgan fingerprint density at radius 2 is 1.62 bits per heavy atom. The first-order chi connectivity index (χ1) is 7.52. The monoisotopic (exact) mass is 227 g/mol. The molecule has 0 bridgehead atoms. The van der Waals surface area contributed by atoms with E-state index in [9.17, 15) is 14.4 Å². The van der Waals surface area contributed by atoms with Crippen LogP contribution in [0.2, 0.25) is 0 Å². The summed E-state index contributed by atoms with van der Waals surface area (Å²) in [6, 6.07) is 0. The highest BCUT2D eigenvalue weighted by Gasteiger charge is 2.34. The fourth-order valence-corrected chi connectivity index (χ4v) is 1.89. The van der Waals surface area contributed by atoms with E-state index in [1.54, 1.807) is 0 Å². The van der Waals surface area contributed by atoms with Crippen molar-refractivity contribution >= 4 is 18.2 Å². The normalized spacial score (nSPS) is 29.2. The van der Waals surface area contributed by atoms with Crippen LogP contribution >= 0.6 is 0 Å². The first-order valence-electron chi connectivity index (χ1n) is 5.25. The summed E-state index contributed by atoms with van der Waals surface area (Å²) in [5.41, 5.74) is 0. The zero-order chi connectivity index (χ0) is 12.1. The predicted molar refractivity (Wildman–Crippen MR) is 54.1 cm³/mol. The third-order valence-electron chi connectivity index (χ3n) is 2.53. The van der Waals surface area contributed by atoms with Gasteiger partial charge in [0.2, 0.25) is 6.29 Å². The molecule has 0 aromatic heterocycles. The van der Waals surface area contributed by atoms with Crippen molar-refractivity contribution in [3.8, 4) is 0 Å². The highest BCUT2D eigenvalue weighted by atomic mass is 16.6. The molecule has 0 aromatic carbocycles. The summed E-state index contributed by atoms with van der Waals surface area (Å²) < 4.78 is 10.1. The molecule has 1 rings (SSSR count). The van der Waals surface area contributed by atoms with Crippen molar-refractivity contribution in [2.45, 2.75) is 45.3 Å². The van der Waals surface area contributed by atoms with E-state index in [0.717, 1.165) is 0 Å². The molecule has 0 spiro atoms. The van der Waals surface area contributed by atoms with Gasteiger partial charge in [-0.1, -0.05) is 0 Å². The number of ether oxygens (including phenoxy) is 2. The van der Waals surface area contributed by atoms with Crippen molar-refractivity contribution in [1.29, 1.82) is 0 Å². The van der Waals surface area contributed by atoms with Gasteiger partial charge in [0, 0.05) is 19.8 Å². The molecule has 0 aliphatic heterocycles. The van der Waals surface area contributed by atoms with Crippen molar-refractivity contribution in [2.75, 3.05) is 0 Å². The molecule has 1 aliphatic rings. The van der Waals surface area contributed by atoms with Crippen LogP contribution in [0.3, 0.4) is 0 Å². The van der Waals surface area contributed by atoms with Crippen molar-refractivity contribution in [2.24, 2.45) is 5.92 Å². The molecule has 3 atom stereocenters. The second kappa shape index (κ2) is 5.63. The molecule has 5 nitrogen and oxygen atoms in total. The van der Waals surface area contributed by atoms with Gasteiger partial charge in [-0.15, -0.1) is 0 Å². The third kappa shape index (κ3) is 3.64. The summed E-state index contributed by atoms with van der Waals surface area (Å²) in [6.07, 6.45) is 2.45. The van der Waals surface area contributed by atoms with Crippen LogP contribution in [0, 0.1) is 5.92 Å². The lowest BCUT2D eigenvalue weighted by molar-refractivity contribution is -0.169. The Morgan fingerprint density at radius 1 is 1.06 bits per heavy atom. The Hall–Kier alpha value is -1.39. The van der Waals surface area contributed by atoms with Crippen LogP contribution in [0.1, 0.15) is 33.1 Å². The quantitative estimate of drug-likeness (QED) is 0.666. The van der Waals surface area contributed by atoms with Gasteiger partial charge in [-0.05, 0) is 19.3 Å². The SMILES string of the molecule is CC(=O)OC1CCC([C]=O)CC1OC(C)=O. The molecule has 0 amide bonds. The van der Waals surface area contributed by atoms with E-state index in [-0.39, 0.29) is 5.92 Å². The summed E-state index contributed by atoms with van der Waals surface area (Å²) in [5, 5.41) is 0. The molecule has 0 N–H and O–H groups in total. The molecule has 5 heteroatoms. The van der Waals surface area contributed by atoms with Gasteiger partial charge in [-0.25, -0.2) is 0 Å². The number of hydrogen-bond acceptors (Lipinski definition) is 5. The predicted octanol–water partition coefficient (Wildman–Crippen LogP) is 0.760. The number of carbonyl (C=O) groups is 2.